The molecule has 0 atom stereocenters. The summed E-state index contributed by atoms with van der Waals surface area (Å²) in [5.74, 6) is -0.0139. The minimum Gasteiger partial charge on any atom is -0.506 e. The quantitative estimate of drug-likeness (QED) is 0.429. The highest BCUT2D eigenvalue weighted by Crippen LogP contribution is 2.55. The van der Waals surface area contributed by atoms with Gasteiger partial charge in [-0.3, -0.25) is 9.59 Å². The van der Waals surface area contributed by atoms with Crippen molar-refractivity contribution in [2.75, 3.05) is 6.54 Å². The highest BCUT2D eigenvalue weighted by Gasteiger charge is 2.48. The van der Waals surface area contributed by atoms with E-state index >= 15 is 0 Å². The van der Waals surface area contributed by atoms with Gasteiger partial charge in [0.05, 0.1) is 8.95 Å². The number of phenols is 1. The molecule has 1 heterocycles. The topological polar surface area (TPSA) is 57.6 Å². The van der Waals surface area contributed by atoms with Crippen LogP contribution in [-0.2, 0) is 9.59 Å². The van der Waals surface area contributed by atoms with Crippen molar-refractivity contribution < 1.29 is 14.7 Å². The van der Waals surface area contributed by atoms with Gasteiger partial charge in [-0.25, -0.2) is 0 Å². The molecule has 3 aliphatic rings. The number of carbonyl (C=O) groups is 2. The van der Waals surface area contributed by atoms with Gasteiger partial charge in [0.2, 0.25) is 0 Å². The van der Waals surface area contributed by atoms with Crippen molar-refractivity contribution in [3.8, 4) is 5.75 Å². The third-order valence-electron chi connectivity index (χ3n) is 6.84. The lowest BCUT2D eigenvalue weighted by atomic mass is 9.63. The smallest absolute Gasteiger partial charge is 0.162 e. The Bertz CT molecular complexity index is 1000. The lowest BCUT2D eigenvalue weighted by Crippen LogP contribution is -2.44. The van der Waals surface area contributed by atoms with Gasteiger partial charge in [-0.05, 0) is 79.6 Å². The predicted octanol–water partition coefficient (Wildman–Crippen LogP) is 7.01. The molecule has 0 bridgehead atoms. The molecular weight excluding hydrogens is 534 g/mol. The van der Waals surface area contributed by atoms with E-state index in [0.717, 1.165) is 53.9 Å². The molecule has 1 N–H and O–H groups in total. The van der Waals surface area contributed by atoms with E-state index in [1.54, 1.807) is 0 Å². The van der Waals surface area contributed by atoms with E-state index in [9.17, 15) is 14.7 Å². The maximum atomic E-state index is 13.6. The van der Waals surface area contributed by atoms with E-state index in [1.807, 2.05) is 12.1 Å². The first-order chi connectivity index (χ1) is 14.8. The van der Waals surface area contributed by atoms with Crippen LogP contribution in [0.4, 0.5) is 0 Å². The van der Waals surface area contributed by atoms with Crippen molar-refractivity contribution in [3.63, 3.8) is 0 Å². The number of nitrogens with zero attached hydrogens (tertiary/aromatic N) is 1. The van der Waals surface area contributed by atoms with E-state index in [1.165, 1.54) is 0 Å². The van der Waals surface area contributed by atoms with Gasteiger partial charge in [0.25, 0.3) is 0 Å². The second-order valence-electron chi connectivity index (χ2n) is 11.0. The van der Waals surface area contributed by atoms with Crippen LogP contribution in [0.2, 0.25) is 0 Å². The van der Waals surface area contributed by atoms with Gasteiger partial charge < -0.3 is 10.0 Å². The van der Waals surface area contributed by atoms with Crippen LogP contribution < -0.4 is 0 Å². The second-order valence-corrected chi connectivity index (χ2v) is 12.7. The van der Waals surface area contributed by atoms with Gasteiger partial charge in [-0.15, -0.1) is 0 Å². The summed E-state index contributed by atoms with van der Waals surface area (Å²) in [5, 5.41) is 10.3. The molecule has 0 spiro atoms. The van der Waals surface area contributed by atoms with Crippen LogP contribution >= 0.6 is 31.9 Å². The molecule has 1 aromatic carbocycles. The van der Waals surface area contributed by atoms with Crippen LogP contribution in [0.5, 0.6) is 5.75 Å². The second kappa shape index (κ2) is 8.12. The Morgan fingerprint density at radius 1 is 0.906 bits per heavy atom. The van der Waals surface area contributed by atoms with Crippen molar-refractivity contribution >= 4 is 43.4 Å². The minimum atomic E-state index is -0.395. The Morgan fingerprint density at radius 2 is 1.34 bits per heavy atom. The molecule has 0 saturated heterocycles. The van der Waals surface area contributed by atoms with Crippen molar-refractivity contribution in [2.45, 2.75) is 72.6 Å². The van der Waals surface area contributed by atoms with E-state index in [0.29, 0.717) is 21.8 Å². The van der Waals surface area contributed by atoms with Crippen molar-refractivity contribution in [1.82, 2.24) is 4.90 Å². The average molecular weight is 565 g/mol. The number of benzene rings is 1. The van der Waals surface area contributed by atoms with Crippen molar-refractivity contribution in [2.24, 2.45) is 10.8 Å². The fourth-order valence-corrected chi connectivity index (χ4v) is 6.85. The molecule has 2 aliphatic carbocycles. The Kier molecular flexibility index (Phi) is 6.03. The number of hydrogen-bond acceptors (Lipinski definition) is 4. The molecule has 0 amide bonds. The number of allylic oxidation sites excluding steroid dienone is 4. The lowest BCUT2D eigenvalue weighted by Gasteiger charge is -2.49. The Balaban J connectivity index is 2.02. The number of aromatic hydroxyl groups is 1. The number of phenolic OH excluding ortho intramolecular Hbond substituents is 1. The molecule has 0 radical (unpaired) electrons. The zero-order chi connectivity index (χ0) is 23.6. The third-order valence-corrected chi connectivity index (χ3v) is 8.05. The van der Waals surface area contributed by atoms with Crippen LogP contribution in [0.3, 0.4) is 0 Å². The van der Waals surface area contributed by atoms with E-state index in [4.69, 9.17) is 0 Å². The highest BCUT2D eigenvalue weighted by molar-refractivity contribution is 9.11. The summed E-state index contributed by atoms with van der Waals surface area (Å²) in [7, 11) is 0. The Labute approximate surface area is 207 Å². The molecule has 0 fully saturated rings. The summed E-state index contributed by atoms with van der Waals surface area (Å²) < 4.78 is 1.10. The molecule has 1 aromatic rings. The third kappa shape index (κ3) is 4.02. The number of rotatable bonds is 3. The summed E-state index contributed by atoms with van der Waals surface area (Å²) in [5.41, 5.74) is 4.34. The molecule has 4 rings (SSSR count). The van der Waals surface area contributed by atoms with Gasteiger partial charge >= 0.3 is 0 Å². The monoisotopic (exact) mass is 563 g/mol. The van der Waals surface area contributed by atoms with Gasteiger partial charge in [-0.2, -0.15) is 0 Å². The Morgan fingerprint density at radius 3 is 1.75 bits per heavy atom. The minimum absolute atomic E-state index is 0.116. The van der Waals surface area contributed by atoms with Crippen molar-refractivity contribution in [3.05, 3.63) is 49.2 Å². The largest absolute Gasteiger partial charge is 0.506 e. The summed E-state index contributed by atoms with van der Waals surface area (Å²) in [6.07, 6.45) is 3.53. The number of halogens is 2. The molecule has 6 heteroatoms. The van der Waals surface area contributed by atoms with Crippen LogP contribution in [0.15, 0.2) is 43.6 Å². The molecule has 172 valence electrons. The summed E-state index contributed by atoms with van der Waals surface area (Å²) in [4.78, 5) is 29.6. The van der Waals surface area contributed by atoms with E-state index in [2.05, 4.69) is 71.4 Å². The first-order valence-corrected chi connectivity index (χ1v) is 12.9. The van der Waals surface area contributed by atoms with Crippen LogP contribution in [0.25, 0.3) is 0 Å². The average Bonchev–Trinajstić information content (AvgIpc) is 2.65. The molecule has 1 aliphatic heterocycles. The summed E-state index contributed by atoms with van der Waals surface area (Å²) in [6, 6.07) is 3.71. The molecular formula is C26H31Br2NO3. The first-order valence-electron chi connectivity index (χ1n) is 11.3. The standard InChI is InChI=1S/C26H31Br2NO3/c1-6-7-29-17-10-25(2,3)12-19(30)22(17)21(14-8-15(27)24(32)16(28)9-14)23-18(29)11-26(4,5)13-20(23)31/h8-9,21,32H,6-7,10-13H2,1-5H3. The van der Waals surface area contributed by atoms with Gasteiger partial charge in [0, 0.05) is 47.8 Å². The number of hydrogen-bond donors (Lipinski definition) is 1. The lowest BCUT2D eigenvalue weighted by molar-refractivity contribution is -0.119. The van der Waals surface area contributed by atoms with Gasteiger partial charge in [0.15, 0.2) is 11.6 Å². The maximum absolute atomic E-state index is 13.6. The van der Waals surface area contributed by atoms with Crippen molar-refractivity contribution in [1.29, 1.82) is 0 Å². The zero-order valence-electron chi connectivity index (χ0n) is 19.4. The van der Waals surface area contributed by atoms with E-state index in [-0.39, 0.29) is 28.1 Å². The van der Waals surface area contributed by atoms with Gasteiger partial charge in [0.1, 0.15) is 5.75 Å². The van der Waals surface area contributed by atoms with Crippen LogP contribution in [-0.4, -0.2) is 28.1 Å². The summed E-state index contributed by atoms with van der Waals surface area (Å²) >= 11 is 6.90. The molecule has 0 saturated carbocycles. The molecule has 0 unspecified atom stereocenters. The SMILES string of the molecule is CCCN1C2=C(C(=O)CC(C)(C)C2)C(c2cc(Br)c(O)c(Br)c2)C2=C1CC(C)(C)CC2=O. The number of carbonyl (C=O) groups excluding carboxylic acids is 2. The Hall–Kier alpha value is -1.40. The normalized spacial score (nSPS) is 22.9. The number of ketones is 2. The maximum Gasteiger partial charge on any atom is 0.162 e. The number of Topliss-reactive ketones (excluding diaryl/α,β-unsaturated/α-hetero) is 2. The molecule has 32 heavy (non-hydrogen) atoms. The summed E-state index contributed by atoms with van der Waals surface area (Å²) in [6.45, 7) is 11.6. The van der Waals surface area contributed by atoms with Crippen LogP contribution in [0, 0.1) is 10.8 Å². The fraction of sp³-hybridized carbons (Fsp3) is 0.538. The predicted molar refractivity (Wildman–Crippen MR) is 133 cm³/mol. The molecule has 4 nitrogen and oxygen atoms in total. The van der Waals surface area contributed by atoms with Crippen LogP contribution in [0.1, 0.15) is 78.2 Å². The van der Waals surface area contributed by atoms with Gasteiger partial charge in [-0.1, -0.05) is 34.6 Å². The zero-order valence-corrected chi connectivity index (χ0v) is 22.6. The highest BCUT2D eigenvalue weighted by atomic mass is 79.9. The first kappa shape index (κ1) is 23.7. The fourth-order valence-electron chi connectivity index (χ4n) is 5.63. The van der Waals surface area contributed by atoms with E-state index < -0.39 is 5.92 Å². The molecule has 0 aromatic heterocycles.